The highest BCUT2D eigenvalue weighted by Gasteiger charge is 2.40. The number of allylic oxidation sites excluding steroid dienone is 6. The number of hydrogen-bond donors (Lipinski definition) is 3. The normalized spacial score (nSPS) is 21.6. The Kier molecular flexibility index (Phi) is 5.22. The molecule has 0 saturated carbocycles. The van der Waals surface area contributed by atoms with Gasteiger partial charge in [0.1, 0.15) is 5.54 Å². The van der Waals surface area contributed by atoms with Gasteiger partial charge in [-0.2, -0.15) is 13.2 Å². The molecular formula is C28H20F3N5O. The number of hydrogen-bond acceptors (Lipinski definition) is 4. The van der Waals surface area contributed by atoms with E-state index in [4.69, 9.17) is 0 Å². The number of alkyl halides is 3. The fourth-order valence-electron chi connectivity index (χ4n) is 4.49. The van der Waals surface area contributed by atoms with Gasteiger partial charge >= 0.3 is 6.18 Å². The Morgan fingerprint density at radius 3 is 2.46 bits per heavy atom. The third kappa shape index (κ3) is 4.63. The third-order valence-corrected chi connectivity index (χ3v) is 6.27. The molecule has 8 bridgehead atoms. The number of benzene rings is 1. The van der Waals surface area contributed by atoms with Gasteiger partial charge in [0.15, 0.2) is 0 Å². The second-order valence-corrected chi connectivity index (χ2v) is 9.03. The van der Waals surface area contributed by atoms with Crippen LogP contribution in [-0.4, -0.2) is 27.9 Å². The molecule has 3 N–H and O–H groups in total. The topological polar surface area (TPSA) is 81.6 Å². The van der Waals surface area contributed by atoms with E-state index in [0.717, 1.165) is 34.2 Å². The van der Waals surface area contributed by atoms with Crippen molar-refractivity contribution in [3.05, 3.63) is 112 Å². The monoisotopic (exact) mass is 499 g/mol. The first-order chi connectivity index (χ1) is 17.7. The van der Waals surface area contributed by atoms with Crippen LogP contribution in [0.4, 0.5) is 18.9 Å². The lowest BCUT2D eigenvalue weighted by atomic mass is 9.94. The Hall–Kier alpha value is -4.66. The molecule has 6 rings (SSSR count). The number of nitrogens with one attached hydrogen (secondary N) is 3. The zero-order valence-corrected chi connectivity index (χ0v) is 19.3. The van der Waals surface area contributed by atoms with Crippen molar-refractivity contribution in [3.63, 3.8) is 0 Å². The highest BCUT2D eigenvalue weighted by atomic mass is 19.4. The van der Waals surface area contributed by atoms with Gasteiger partial charge in [-0.05, 0) is 78.9 Å². The molecule has 0 spiro atoms. The Balaban J connectivity index is 1.40. The standard InChI is InChI=1S/C28H20F3N5O/c29-28(30,31)17-2-1-3-18(12-17)35-26(37)27-11-10-24(36-27)15-23-7-6-20(33-23)13-19-4-5-21(32-19)14-22-8-9-25(16-27)34-22/h1-10,12-16,33,36H,11H2,(H,35,37). The summed E-state index contributed by atoms with van der Waals surface area (Å²) in [7, 11) is 0. The lowest BCUT2D eigenvalue weighted by Crippen LogP contribution is -2.50. The van der Waals surface area contributed by atoms with Crippen LogP contribution in [0.1, 0.15) is 12.0 Å². The average Bonchev–Trinajstić information content (AvgIpc) is 3.64. The molecule has 37 heavy (non-hydrogen) atoms. The maximum atomic E-state index is 13.6. The number of fused-ring (bicyclic) bond motifs is 6. The molecule has 0 aliphatic carbocycles. The minimum absolute atomic E-state index is 0.0566. The van der Waals surface area contributed by atoms with Crippen LogP contribution >= 0.6 is 0 Å². The number of halogens is 3. The average molecular weight is 499 g/mol. The Bertz CT molecular complexity index is 1660. The second kappa shape index (κ2) is 8.48. The van der Waals surface area contributed by atoms with Crippen molar-refractivity contribution >= 4 is 35.2 Å². The van der Waals surface area contributed by atoms with Crippen molar-refractivity contribution in [3.8, 4) is 0 Å². The SMILES string of the molecule is O=C(Nc1cccc(C(F)(F)F)c1)C12C=C3C=CC(=N3)C=C3C=CC(=N3)C=c3ccc([nH]3)=CC(=CC1)N2. The van der Waals surface area contributed by atoms with Crippen molar-refractivity contribution in [1.29, 1.82) is 0 Å². The molecule has 0 fully saturated rings. The number of anilines is 1. The predicted octanol–water partition coefficient (Wildman–Crippen LogP) is 3.65. The van der Waals surface area contributed by atoms with E-state index in [-0.39, 0.29) is 12.1 Å². The first-order valence-corrected chi connectivity index (χ1v) is 11.6. The number of carbonyl (C=O) groups is 1. The summed E-state index contributed by atoms with van der Waals surface area (Å²) in [5.41, 5.74) is 1.46. The lowest BCUT2D eigenvalue weighted by molar-refractivity contribution is -0.137. The minimum atomic E-state index is -4.52. The Morgan fingerprint density at radius 2 is 1.65 bits per heavy atom. The van der Waals surface area contributed by atoms with Crippen LogP contribution < -0.4 is 21.3 Å². The summed E-state index contributed by atoms with van der Waals surface area (Å²) in [4.78, 5) is 26.1. The number of aromatic nitrogens is 1. The van der Waals surface area contributed by atoms with Crippen LogP contribution in [0.5, 0.6) is 0 Å². The molecule has 1 atom stereocenters. The molecule has 0 saturated heterocycles. The molecular weight excluding hydrogens is 479 g/mol. The summed E-state index contributed by atoms with van der Waals surface area (Å²) < 4.78 is 39.6. The van der Waals surface area contributed by atoms with Crippen LogP contribution in [-0.2, 0) is 11.0 Å². The summed E-state index contributed by atoms with van der Waals surface area (Å²) in [6.07, 6.45) is 12.4. The highest BCUT2D eigenvalue weighted by molar-refractivity contribution is 6.19. The third-order valence-electron chi connectivity index (χ3n) is 6.27. The largest absolute Gasteiger partial charge is 0.416 e. The van der Waals surface area contributed by atoms with Crippen LogP contribution in [0.3, 0.4) is 0 Å². The fourth-order valence-corrected chi connectivity index (χ4v) is 4.49. The number of rotatable bonds is 2. The summed E-state index contributed by atoms with van der Waals surface area (Å²) in [6, 6.07) is 8.43. The number of H-pyrrole nitrogens is 1. The number of nitrogens with zero attached hydrogens (tertiary/aromatic N) is 2. The zero-order chi connectivity index (χ0) is 25.6. The molecule has 1 amide bonds. The molecule has 2 aromatic rings. The van der Waals surface area contributed by atoms with Gasteiger partial charge in [0.25, 0.3) is 5.91 Å². The predicted molar refractivity (Wildman–Crippen MR) is 137 cm³/mol. The van der Waals surface area contributed by atoms with Gasteiger partial charge < -0.3 is 15.6 Å². The first-order valence-electron chi connectivity index (χ1n) is 11.6. The van der Waals surface area contributed by atoms with Crippen LogP contribution in [0, 0.1) is 0 Å². The molecule has 9 heteroatoms. The van der Waals surface area contributed by atoms with Gasteiger partial charge in [0, 0.05) is 28.5 Å². The van der Waals surface area contributed by atoms with Gasteiger partial charge in [-0.25, -0.2) is 9.98 Å². The van der Waals surface area contributed by atoms with E-state index in [0.29, 0.717) is 17.1 Å². The molecule has 1 aromatic heterocycles. The van der Waals surface area contributed by atoms with Crippen LogP contribution in [0.2, 0.25) is 0 Å². The number of amides is 1. The quantitative estimate of drug-likeness (QED) is 0.590. The Labute approximate surface area is 209 Å². The van der Waals surface area contributed by atoms with E-state index < -0.39 is 23.2 Å². The second-order valence-electron chi connectivity index (χ2n) is 9.03. The summed E-state index contributed by atoms with van der Waals surface area (Å²) in [6.45, 7) is 0. The molecule has 5 heterocycles. The van der Waals surface area contributed by atoms with Gasteiger partial charge in [-0.3, -0.25) is 4.79 Å². The number of carbonyl (C=O) groups excluding carboxylic acids is 1. The van der Waals surface area contributed by atoms with E-state index in [1.165, 1.54) is 12.1 Å². The Morgan fingerprint density at radius 1 is 0.919 bits per heavy atom. The molecule has 6 nitrogen and oxygen atoms in total. The van der Waals surface area contributed by atoms with E-state index in [1.54, 1.807) is 12.2 Å². The fraction of sp³-hybridized carbons (Fsp3) is 0.107. The van der Waals surface area contributed by atoms with Crippen LogP contribution in [0.25, 0.3) is 12.2 Å². The van der Waals surface area contributed by atoms with Gasteiger partial charge in [-0.15, -0.1) is 0 Å². The van der Waals surface area contributed by atoms with Crippen molar-refractivity contribution in [2.24, 2.45) is 9.98 Å². The zero-order valence-electron chi connectivity index (χ0n) is 19.3. The van der Waals surface area contributed by atoms with Crippen molar-refractivity contribution in [2.75, 3.05) is 5.32 Å². The number of aromatic amines is 1. The molecule has 4 aliphatic rings. The van der Waals surface area contributed by atoms with Gasteiger partial charge in [0.05, 0.1) is 28.4 Å². The van der Waals surface area contributed by atoms with Gasteiger partial charge in [0.2, 0.25) is 0 Å². The molecule has 1 aromatic carbocycles. The summed E-state index contributed by atoms with van der Waals surface area (Å²) >= 11 is 0. The van der Waals surface area contributed by atoms with Crippen molar-refractivity contribution in [2.45, 2.75) is 18.1 Å². The minimum Gasteiger partial charge on any atom is -0.368 e. The highest BCUT2D eigenvalue weighted by Crippen LogP contribution is 2.32. The van der Waals surface area contributed by atoms with E-state index >= 15 is 0 Å². The van der Waals surface area contributed by atoms with Crippen LogP contribution in [0.15, 0.2) is 106 Å². The van der Waals surface area contributed by atoms with E-state index in [9.17, 15) is 18.0 Å². The maximum absolute atomic E-state index is 13.6. The smallest absolute Gasteiger partial charge is 0.368 e. The summed E-state index contributed by atoms with van der Waals surface area (Å²) in [5.74, 6) is -0.496. The first kappa shape index (κ1) is 22.8. The molecule has 4 aliphatic heterocycles. The molecule has 0 radical (unpaired) electrons. The molecule has 1 unspecified atom stereocenters. The lowest BCUT2D eigenvalue weighted by Gasteiger charge is -2.27. The van der Waals surface area contributed by atoms with Crippen molar-refractivity contribution in [1.82, 2.24) is 10.3 Å². The van der Waals surface area contributed by atoms with E-state index in [2.05, 4.69) is 25.6 Å². The van der Waals surface area contributed by atoms with Gasteiger partial charge in [-0.1, -0.05) is 12.1 Å². The maximum Gasteiger partial charge on any atom is 0.416 e. The van der Waals surface area contributed by atoms with Crippen molar-refractivity contribution < 1.29 is 18.0 Å². The number of aliphatic imine (C=N–C) groups is 2. The summed E-state index contributed by atoms with van der Waals surface area (Å²) in [5, 5.41) is 7.62. The molecule has 184 valence electrons. The van der Waals surface area contributed by atoms with E-state index in [1.807, 2.05) is 54.7 Å².